The lowest BCUT2D eigenvalue weighted by molar-refractivity contribution is 0.541. The van der Waals surface area contributed by atoms with Crippen molar-refractivity contribution in [3.8, 4) is 0 Å². The molecule has 0 amide bonds. The quantitative estimate of drug-likeness (QED) is 0.775. The summed E-state index contributed by atoms with van der Waals surface area (Å²) in [5, 5.41) is 0.561. The first kappa shape index (κ1) is 16.2. The van der Waals surface area contributed by atoms with Gasteiger partial charge in [0.1, 0.15) is 16.8 Å². The van der Waals surface area contributed by atoms with Gasteiger partial charge in [0.25, 0.3) is 0 Å². The maximum atomic E-state index is 6.25. The molecule has 19 heavy (non-hydrogen) atoms. The molecule has 108 valence electrons. The van der Waals surface area contributed by atoms with Crippen LogP contribution in [-0.4, -0.2) is 23.6 Å². The Labute approximate surface area is 122 Å². The van der Waals surface area contributed by atoms with Crippen molar-refractivity contribution in [2.24, 2.45) is 5.92 Å². The molecule has 0 N–H and O–H groups in total. The summed E-state index contributed by atoms with van der Waals surface area (Å²) in [6, 6.07) is 0. The Kier molecular flexibility index (Phi) is 5.19. The second-order valence-corrected chi connectivity index (χ2v) is 7.00. The normalized spacial score (nSPS) is 12.1. The standard InChI is InChI=1S/C15H26ClN3/c1-10(2)8-9-19(7)13-11(3)12(16)17-14(18-13)15(4,5)6/h10H,8-9H2,1-7H3. The minimum Gasteiger partial charge on any atom is -0.359 e. The maximum Gasteiger partial charge on any atom is 0.137 e. The van der Waals surface area contributed by atoms with Crippen molar-refractivity contribution in [1.82, 2.24) is 9.97 Å². The van der Waals surface area contributed by atoms with Crippen molar-refractivity contribution in [3.63, 3.8) is 0 Å². The van der Waals surface area contributed by atoms with Crippen LogP contribution < -0.4 is 4.90 Å². The lowest BCUT2D eigenvalue weighted by atomic mass is 9.95. The van der Waals surface area contributed by atoms with Crippen LogP contribution in [0.4, 0.5) is 5.82 Å². The van der Waals surface area contributed by atoms with Crippen LogP contribution in [0.1, 0.15) is 52.4 Å². The first-order valence-electron chi connectivity index (χ1n) is 6.88. The average Bonchev–Trinajstić information content (AvgIpc) is 2.27. The van der Waals surface area contributed by atoms with Crippen molar-refractivity contribution in [2.75, 3.05) is 18.5 Å². The number of hydrogen-bond donors (Lipinski definition) is 0. The Hall–Kier alpha value is -0.830. The summed E-state index contributed by atoms with van der Waals surface area (Å²) in [4.78, 5) is 11.3. The molecule has 0 radical (unpaired) electrons. The lowest BCUT2D eigenvalue weighted by Gasteiger charge is -2.25. The number of aromatic nitrogens is 2. The molecule has 0 fully saturated rings. The molecular formula is C15H26ClN3. The minimum absolute atomic E-state index is 0.0923. The van der Waals surface area contributed by atoms with E-state index in [9.17, 15) is 0 Å². The van der Waals surface area contributed by atoms with Crippen LogP contribution in [0.3, 0.4) is 0 Å². The molecular weight excluding hydrogens is 258 g/mol. The van der Waals surface area contributed by atoms with Crippen LogP contribution >= 0.6 is 11.6 Å². The van der Waals surface area contributed by atoms with Gasteiger partial charge in [-0.3, -0.25) is 0 Å². The van der Waals surface area contributed by atoms with E-state index in [4.69, 9.17) is 16.6 Å². The number of anilines is 1. The third kappa shape index (κ3) is 4.34. The van der Waals surface area contributed by atoms with Gasteiger partial charge in [-0.25, -0.2) is 9.97 Å². The summed E-state index contributed by atoms with van der Waals surface area (Å²) in [5.41, 5.74) is 0.867. The fourth-order valence-corrected chi connectivity index (χ4v) is 1.91. The van der Waals surface area contributed by atoms with E-state index in [0.29, 0.717) is 11.1 Å². The Morgan fingerprint density at radius 2 is 1.79 bits per heavy atom. The highest BCUT2D eigenvalue weighted by atomic mass is 35.5. The van der Waals surface area contributed by atoms with E-state index >= 15 is 0 Å². The van der Waals surface area contributed by atoms with Gasteiger partial charge < -0.3 is 4.90 Å². The van der Waals surface area contributed by atoms with Gasteiger partial charge in [-0.15, -0.1) is 0 Å². The van der Waals surface area contributed by atoms with Gasteiger partial charge in [-0.05, 0) is 19.3 Å². The zero-order chi connectivity index (χ0) is 14.8. The molecule has 0 aliphatic rings. The summed E-state index contributed by atoms with van der Waals surface area (Å²) in [6.07, 6.45) is 1.14. The van der Waals surface area contributed by atoms with Crippen molar-refractivity contribution in [1.29, 1.82) is 0 Å². The van der Waals surface area contributed by atoms with Crippen molar-refractivity contribution < 1.29 is 0 Å². The molecule has 0 aromatic carbocycles. The van der Waals surface area contributed by atoms with Crippen LogP contribution in [0.25, 0.3) is 0 Å². The Balaban J connectivity index is 3.09. The third-order valence-electron chi connectivity index (χ3n) is 3.13. The summed E-state index contributed by atoms with van der Waals surface area (Å²) in [6.45, 7) is 13.7. The molecule has 0 unspecified atom stereocenters. The zero-order valence-electron chi connectivity index (χ0n) is 13.2. The minimum atomic E-state index is -0.0923. The summed E-state index contributed by atoms with van der Waals surface area (Å²) in [7, 11) is 2.07. The average molecular weight is 284 g/mol. The Morgan fingerprint density at radius 1 is 1.21 bits per heavy atom. The highest BCUT2D eigenvalue weighted by Crippen LogP contribution is 2.27. The van der Waals surface area contributed by atoms with Crippen molar-refractivity contribution in [2.45, 2.75) is 53.4 Å². The summed E-state index contributed by atoms with van der Waals surface area (Å²) in [5.74, 6) is 2.43. The molecule has 0 saturated carbocycles. The van der Waals surface area contributed by atoms with Gasteiger partial charge in [-0.1, -0.05) is 46.2 Å². The lowest BCUT2D eigenvalue weighted by Crippen LogP contribution is -2.25. The molecule has 1 heterocycles. The maximum absolute atomic E-state index is 6.25. The van der Waals surface area contributed by atoms with Crippen LogP contribution in [0.5, 0.6) is 0 Å². The summed E-state index contributed by atoms with van der Waals surface area (Å²) < 4.78 is 0. The first-order valence-corrected chi connectivity index (χ1v) is 7.26. The number of hydrogen-bond acceptors (Lipinski definition) is 3. The second-order valence-electron chi connectivity index (χ2n) is 6.64. The van der Waals surface area contributed by atoms with E-state index in [2.05, 4.69) is 51.6 Å². The van der Waals surface area contributed by atoms with Gasteiger partial charge in [0, 0.05) is 24.6 Å². The molecule has 4 heteroatoms. The van der Waals surface area contributed by atoms with Crippen LogP contribution in [0.15, 0.2) is 0 Å². The number of rotatable bonds is 4. The van der Waals surface area contributed by atoms with E-state index in [-0.39, 0.29) is 5.41 Å². The van der Waals surface area contributed by atoms with E-state index in [1.165, 1.54) is 0 Å². The third-order valence-corrected chi connectivity index (χ3v) is 3.50. The predicted molar refractivity (Wildman–Crippen MR) is 83.2 cm³/mol. The SMILES string of the molecule is Cc1c(Cl)nc(C(C)(C)C)nc1N(C)CCC(C)C. The van der Waals surface area contributed by atoms with Crippen molar-refractivity contribution in [3.05, 3.63) is 16.5 Å². The van der Waals surface area contributed by atoms with Crippen molar-refractivity contribution >= 4 is 17.4 Å². The highest BCUT2D eigenvalue weighted by molar-refractivity contribution is 6.30. The largest absolute Gasteiger partial charge is 0.359 e. The fourth-order valence-electron chi connectivity index (χ4n) is 1.74. The number of nitrogens with zero attached hydrogens (tertiary/aromatic N) is 3. The van der Waals surface area contributed by atoms with E-state index in [1.807, 2.05) is 6.92 Å². The molecule has 0 spiro atoms. The molecule has 1 rings (SSSR count). The predicted octanol–water partition coefficient (Wildman–Crippen LogP) is 4.22. The van der Waals surface area contributed by atoms with Gasteiger partial charge in [-0.2, -0.15) is 0 Å². The van der Waals surface area contributed by atoms with E-state index in [0.717, 1.165) is 30.2 Å². The molecule has 0 aliphatic heterocycles. The molecule has 0 aliphatic carbocycles. The first-order chi connectivity index (χ1) is 8.62. The Morgan fingerprint density at radius 3 is 2.26 bits per heavy atom. The van der Waals surface area contributed by atoms with Gasteiger partial charge in [0.05, 0.1) is 0 Å². The molecule has 3 nitrogen and oxygen atoms in total. The van der Waals surface area contributed by atoms with Crippen LogP contribution in [-0.2, 0) is 5.41 Å². The summed E-state index contributed by atoms with van der Waals surface area (Å²) >= 11 is 6.25. The zero-order valence-corrected chi connectivity index (χ0v) is 14.0. The topological polar surface area (TPSA) is 29.0 Å². The molecule has 0 atom stereocenters. The van der Waals surface area contributed by atoms with Crippen LogP contribution in [0, 0.1) is 12.8 Å². The monoisotopic (exact) mass is 283 g/mol. The van der Waals surface area contributed by atoms with E-state index in [1.54, 1.807) is 0 Å². The molecule has 0 saturated heterocycles. The Bertz CT molecular complexity index is 436. The smallest absolute Gasteiger partial charge is 0.137 e. The second kappa shape index (κ2) is 6.08. The molecule has 1 aromatic rings. The molecule has 0 bridgehead atoms. The van der Waals surface area contributed by atoms with Gasteiger partial charge >= 0.3 is 0 Å². The van der Waals surface area contributed by atoms with Gasteiger partial charge in [0.2, 0.25) is 0 Å². The van der Waals surface area contributed by atoms with Crippen LogP contribution in [0.2, 0.25) is 5.15 Å². The van der Waals surface area contributed by atoms with E-state index < -0.39 is 0 Å². The molecule has 1 aromatic heterocycles. The fraction of sp³-hybridized carbons (Fsp3) is 0.733. The number of halogens is 1. The van der Waals surface area contributed by atoms with Gasteiger partial charge in [0.15, 0.2) is 0 Å². The highest BCUT2D eigenvalue weighted by Gasteiger charge is 2.21.